The summed E-state index contributed by atoms with van der Waals surface area (Å²) < 4.78 is 22.9. The number of nitrogens with two attached hydrogens (primary N) is 1. The molecule has 0 aliphatic rings. The number of sulfonamides is 1. The van der Waals surface area contributed by atoms with Crippen LogP contribution in [-0.2, 0) is 16.6 Å². The molecular weight excluding hydrogens is 310 g/mol. The average Bonchev–Trinajstić information content (AvgIpc) is 2.52. The highest BCUT2D eigenvalue weighted by Crippen LogP contribution is 2.17. The van der Waals surface area contributed by atoms with Crippen LogP contribution in [0.2, 0.25) is 0 Å². The van der Waals surface area contributed by atoms with Gasteiger partial charge in [-0.25, -0.2) is 13.6 Å². The molecule has 3 N–H and O–H groups in total. The van der Waals surface area contributed by atoms with Crippen molar-refractivity contribution in [1.29, 1.82) is 0 Å². The predicted octanol–water partition coefficient (Wildman–Crippen LogP) is 2.70. The van der Waals surface area contributed by atoms with Gasteiger partial charge in [0.25, 0.3) is 0 Å². The van der Waals surface area contributed by atoms with Crippen molar-refractivity contribution in [3.8, 4) is 0 Å². The predicted molar refractivity (Wildman–Crippen MR) is 91.4 cm³/mol. The maximum atomic E-state index is 11.4. The SMILES string of the molecule is CC(C)c1cccc(CNC(C)c2cccc(S(N)(=O)=O)c2)n1. The van der Waals surface area contributed by atoms with E-state index in [2.05, 4.69) is 24.1 Å². The first kappa shape index (κ1) is 17.6. The summed E-state index contributed by atoms with van der Waals surface area (Å²) in [6, 6.07) is 12.7. The maximum Gasteiger partial charge on any atom is 0.238 e. The van der Waals surface area contributed by atoms with E-state index in [4.69, 9.17) is 5.14 Å². The molecule has 0 aliphatic carbocycles. The molecule has 1 aromatic carbocycles. The molecule has 124 valence electrons. The standard InChI is InChI=1S/C17H23N3O2S/c1-12(2)17-9-5-7-15(20-17)11-19-13(3)14-6-4-8-16(10-14)23(18,21)22/h4-10,12-13,19H,11H2,1-3H3,(H2,18,21,22). The molecule has 1 unspecified atom stereocenters. The van der Waals surface area contributed by atoms with E-state index in [1.165, 1.54) is 6.07 Å². The summed E-state index contributed by atoms with van der Waals surface area (Å²) in [6.07, 6.45) is 0. The van der Waals surface area contributed by atoms with E-state index in [1.807, 2.05) is 31.2 Å². The van der Waals surface area contributed by atoms with Crippen molar-refractivity contribution < 1.29 is 8.42 Å². The first-order chi connectivity index (χ1) is 10.8. The second-order valence-electron chi connectivity index (χ2n) is 5.93. The zero-order chi connectivity index (χ0) is 17.0. The van der Waals surface area contributed by atoms with Crippen molar-refractivity contribution in [2.45, 2.75) is 44.2 Å². The van der Waals surface area contributed by atoms with Gasteiger partial charge in [-0.15, -0.1) is 0 Å². The molecule has 0 aliphatic heterocycles. The minimum Gasteiger partial charge on any atom is -0.305 e. The summed E-state index contributed by atoms with van der Waals surface area (Å²) in [4.78, 5) is 4.74. The van der Waals surface area contributed by atoms with E-state index in [-0.39, 0.29) is 10.9 Å². The summed E-state index contributed by atoms with van der Waals surface area (Å²) >= 11 is 0. The zero-order valence-electron chi connectivity index (χ0n) is 13.7. The third-order valence-electron chi connectivity index (χ3n) is 3.70. The van der Waals surface area contributed by atoms with E-state index in [9.17, 15) is 8.42 Å². The number of hydrogen-bond acceptors (Lipinski definition) is 4. The normalized spacial score (nSPS) is 13.3. The van der Waals surface area contributed by atoms with E-state index >= 15 is 0 Å². The number of nitrogens with one attached hydrogen (secondary N) is 1. The molecule has 6 heteroatoms. The molecule has 0 spiro atoms. The summed E-state index contributed by atoms with van der Waals surface area (Å²) in [7, 11) is -3.68. The van der Waals surface area contributed by atoms with Crippen LogP contribution < -0.4 is 10.5 Å². The number of hydrogen-bond donors (Lipinski definition) is 2. The minimum absolute atomic E-state index is 0.0128. The van der Waals surface area contributed by atoms with E-state index < -0.39 is 10.0 Å². The van der Waals surface area contributed by atoms with Crippen LogP contribution in [0.25, 0.3) is 0 Å². The fourth-order valence-electron chi connectivity index (χ4n) is 2.25. The second-order valence-corrected chi connectivity index (χ2v) is 7.49. The second kappa shape index (κ2) is 7.21. The first-order valence-electron chi connectivity index (χ1n) is 7.59. The van der Waals surface area contributed by atoms with E-state index in [0.29, 0.717) is 12.5 Å². The van der Waals surface area contributed by atoms with E-state index in [1.54, 1.807) is 12.1 Å². The van der Waals surface area contributed by atoms with Crippen LogP contribution in [0, 0.1) is 0 Å². The van der Waals surface area contributed by atoms with Gasteiger partial charge in [0, 0.05) is 18.3 Å². The molecule has 0 amide bonds. The highest BCUT2D eigenvalue weighted by atomic mass is 32.2. The Kier molecular flexibility index (Phi) is 5.51. The number of pyridine rings is 1. The lowest BCUT2D eigenvalue weighted by Gasteiger charge is -2.15. The highest BCUT2D eigenvalue weighted by Gasteiger charge is 2.11. The average molecular weight is 333 g/mol. The smallest absolute Gasteiger partial charge is 0.238 e. The Labute approximate surface area is 138 Å². The Hall–Kier alpha value is -1.76. The van der Waals surface area contributed by atoms with E-state index in [0.717, 1.165) is 17.0 Å². The van der Waals surface area contributed by atoms with Gasteiger partial charge in [0.2, 0.25) is 10.0 Å². The Morgan fingerprint density at radius 3 is 2.48 bits per heavy atom. The number of primary sulfonamides is 1. The van der Waals surface area contributed by atoms with Gasteiger partial charge in [-0.1, -0.05) is 32.0 Å². The third-order valence-corrected chi connectivity index (χ3v) is 4.61. The first-order valence-corrected chi connectivity index (χ1v) is 9.14. The largest absolute Gasteiger partial charge is 0.305 e. The molecular formula is C17H23N3O2S. The van der Waals surface area contributed by atoms with Crippen LogP contribution in [0.4, 0.5) is 0 Å². The fourth-order valence-corrected chi connectivity index (χ4v) is 2.82. The Morgan fingerprint density at radius 1 is 1.13 bits per heavy atom. The zero-order valence-corrected chi connectivity index (χ0v) is 14.5. The Morgan fingerprint density at radius 2 is 1.83 bits per heavy atom. The molecule has 1 aromatic heterocycles. The quantitative estimate of drug-likeness (QED) is 0.851. The molecule has 2 aromatic rings. The van der Waals surface area contributed by atoms with Gasteiger partial charge in [0.15, 0.2) is 0 Å². The third kappa shape index (κ3) is 4.86. The van der Waals surface area contributed by atoms with Crippen molar-refractivity contribution in [2.24, 2.45) is 5.14 Å². The Balaban J connectivity index is 2.08. The molecule has 2 rings (SSSR count). The molecule has 0 radical (unpaired) electrons. The van der Waals surface area contributed by atoms with Gasteiger partial charge in [-0.2, -0.15) is 0 Å². The number of nitrogens with zero attached hydrogens (tertiary/aromatic N) is 1. The number of rotatable bonds is 6. The van der Waals surface area contributed by atoms with Crippen LogP contribution in [0.3, 0.4) is 0 Å². The molecule has 0 fully saturated rings. The maximum absolute atomic E-state index is 11.4. The minimum atomic E-state index is -3.68. The molecule has 23 heavy (non-hydrogen) atoms. The summed E-state index contributed by atoms with van der Waals surface area (Å²) in [5, 5.41) is 8.54. The van der Waals surface area contributed by atoms with Crippen LogP contribution in [0.15, 0.2) is 47.4 Å². The molecule has 0 saturated heterocycles. The van der Waals surface area contributed by atoms with Crippen LogP contribution in [0.1, 0.15) is 49.7 Å². The monoisotopic (exact) mass is 333 g/mol. The summed E-state index contributed by atoms with van der Waals surface area (Å²) in [5.74, 6) is 0.388. The van der Waals surface area contributed by atoms with Crippen LogP contribution >= 0.6 is 0 Å². The van der Waals surface area contributed by atoms with Crippen LogP contribution in [0.5, 0.6) is 0 Å². The molecule has 1 atom stereocenters. The van der Waals surface area contributed by atoms with Gasteiger partial charge >= 0.3 is 0 Å². The number of benzene rings is 1. The van der Waals surface area contributed by atoms with Gasteiger partial charge in [-0.3, -0.25) is 4.98 Å². The number of aromatic nitrogens is 1. The summed E-state index contributed by atoms with van der Waals surface area (Å²) in [5.41, 5.74) is 2.90. The lowest BCUT2D eigenvalue weighted by atomic mass is 10.1. The van der Waals surface area contributed by atoms with Crippen molar-refractivity contribution >= 4 is 10.0 Å². The lowest BCUT2D eigenvalue weighted by Crippen LogP contribution is -2.20. The van der Waals surface area contributed by atoms with Crippen molar-refractivity contribution in [2.75, 3.05) is 0 Å². The Bertz CT molecular complexity index is 773. The van der Waals surface area contributed by atoms with Gasteiger partial charge in [0.1, 0.15) is 0 Å². The van der Waals surface area contributed by atoms with Crippen molar-refractivity contribution in [3.63, 3.8) is 0 Å². The molecule has 1 heterocycles. The molecule has 0 saturated carbocycles. The van der Waals surface area contributed by atoms with Gasteiger partial charge in [0.05, 0.1) is 10.6 Å². The summed E-state index contributed by atoms with van der Waals surface area (Å²) in [6.45, 7) is 6.82. The highest BCUT2D eigenvalue weighted by molar-refractivity contribution is 7.89. The molecule has 5 nitrogen and oxygen atoms in total. The van der Waals surface area contributed by atoms with Crippen molar-refractivity contribution in [3.05, 3.63) is 59.4 Å². The topological polar surface area (TPSA) is 85.1 Å². The fraction of sp³-hybridized carbons (Fsp3) is 0.353. The van der Waals surface area contributed by atoms with Gasteiger partial charge in [-0.05, 0) is 42.7 Å². The molecule has 0 bridgehead atoms. The van der Waals surface area contributed by atoms with Gasteiger partial charge < -0.3 is 5.32 Å². The van der Waals surface area contributed by atoms with Crippen molar-refractivity contribution in [1.82, 2.24) is 10.3 Å². The lowest BCUT2D eigenvalue weighted by molar-refractivity contribution is 0.563. The van der Waals surface area contributed by atoms with Crippen LogP contribution in [-0.4, -0.2) is 13.4 Å².